The average molecular weight is 516 g/mol. The molecular weight excluding hydrogens is 482 g/mol. The number of hydrogen-bond donors (Lipinski definition) is 1. The fourth-order valence-corrected chi connectivity index (χ4v) is 6.36. The van der Waals surface area contributed by atoms with E-state index in [9.17, 15) is 0 Å². The summed E-state index contributed by atoms with van der Waals surface area (Å²) in [4.78, 5) is 21.3. The second-order valence-electron chi connectivity index (χ2n) is 11.0. The minimum absolute atomic E-state index is 0.697. The van der Waals surface area contributed by atoms with Crippen LogP contribution in [0.25, 0.3) is 44.8 Å². The van der Waals surface area contributed by atoms with Gasteiger partial charge in [-0.1, -0.05) is 18.2 Å². The van der Waals surface area contributed by atoms with Gasteiger partial charge in [-0.25, -0.2) is 4.98 Å². The van der Waals surface area contributed by atoms with Crippen molar-refractivity contribution in [2.75, 3.05) is 13.1 Å². The van der Waals surface area contributed by atoms with Crippen molar-refractivity contribution in [2.45, 2.75) is 58.4 Å². The molecule has 4 aromatic heterocycles. The maximum absolute atomic E-state index is 4.75. The van der Waals surface area contributed by atoms with Crippen molar-refractivity contribution in [3.05, 3.63) is 77.5 Å². The van der Waals surface area contributed by atoms with E-state index in [2.05, 4.69) is 54.3 Å². The summed E-state index contributed by atoms with van der Waals surface area (Å²) in [6.45, 7) is 6.49. The molecule has 1 fully saturated rings. The van der Waals surface area contributed by atoms with Gasteiger partial charge >= 0.3 is 0 Å². The fraction of sp³-hybridized carbons (Fsp3) is 0.344. The van der Waals surface area contributed by atoms with Gasteiger partial charge in [-0.15, -0.1) is 0 Å². The SMILES string of the molecule is Cc1cnc(-c2ccc(-c3[nH]nc4ncc(-c5ccc6c(c5)CCC(N5CCCC5)CC6)cc34)nc2)c(C)n1. The molecule has 1 N–H and O–H groups in total. The van der Waals surface area contributed by atoms with Crippen LogP contribution in [0.3, 0.4) is 0 Å². The Morgan fingerprint density at radius 2 is 1.59 bits per heavy atom. The molecule has 196 valence electrons. The van der Waals surface area contributed by atoms with Crippen molar-refractivity contribution in [1.82, 2.24) is 35.0 Å². The second kappa shape index (κ2) is 9.97. The van der Waals surface area contributed by atoms with Crippen LogP contribution >= 0.6 is 0 Å². The highest BCUT2D eigenvalue weighted by Crippen LogP contribution is 2.32. The highest BCUT2D eigenvalue weighted by molar-refractivity contribution is 5.92. The van der Waals surface area contributed by atoms with Gasteiger partial charge in [-0.05, 0) is 100 Å². The lowest BCUT2D eigenvalue weighted by atomic mass is 9.97. The monoisotopic (exact) mass is 515 g/mol. The third-order valence-corrected chi connectivity index (χ3v) is 8.46. The van der Waals surface area contributed by atoms with Crippen LogP contribution in [-0.4, -0.2) is 54.2 Å². The predicted octanol–water partition coefficient (Wildman–Crippen LogP) is 6.10. The van der Waals surface area contributed by atoms with Crippen LogP contribution in [0.1, 0.15) is 48.2 Å². The second-order valence-corrected chi connectivity index (χ2v) is 11.0. The van der Waals surface area contributed by atoms with Crippen molar-refractivity contribution in [1.29, 1.82) is 0 Å². The number of pyridine rings is 2. The predicted molar refractivity (Wildman–Crippen MR) is 154 cm³/mol. The molecule has 1 aromatic carbocycles. The summed E-state index contributed by atoms with van der Waals surface area (Å²) in [5, 5.41) is 8.60. The summed E-state index contributed by atoms with van der Waals surface area (Å²) in [6.07, 6.45) is 13.2. The lowest BCUT2D eigenvalue weighted by molar-refractivity contribution is 0.222. The number of nitrogens with one attached hydrogen (secondary N) is 1. The van der Waals surface area contributed by atoms with Gasteiger partial charge in [0.1, 0.15) is 0 Å². The van der Waals surface area contributed by atoms with Gasteiger partial charge in [0.05, 0.1) is 28.5 Å². The van der Waals surface area contributed by atoms with E-state index in [1.54, 1.807) is 6.20 Å². The number of H-pyrrole nitrogens is 1. The standard InChI is InChI=1S/C32H33N7/c1-20-17-34-30(21(2)36-20)25-9-12-29(33-18-25)31-28-16-26(19-35-32(28)38-37-31)24-6-5-22-7-10-27(11-8-23(22)15-24)39-13-3-4-14-39/h5-6,9,12,15-19,27H,3-4,7-8,10-11,13-14H2,1-2H3,(H,35,37,38). The molecule has 0 saturated carbocycles. The minimum atomic E-state index is 0.697. The highest BCUT2D eigenvalue weighted by Gasteiger charge is 2.24. The Balaban J connectivity index is 1.17. The van der Waals surface area contributed by atoms with E-state index in [0.29, 0.717) is 5.65 Å². The number of aromatic nitrogens is 6. The van der Waals surface area contributed by atoms with E-state index in [0.717, 1.165) is 57.4 Å². The summed E-state index contributed by atoms with van der Waals surface area (Å²) in [5.41, 5.74) is 11.3. The molecule has 0 spiro atoms. The van der Waals surface area contributed by atoms with Crippen molar-refractivity contribution in [3.63, 3.8) is 0 Å². The van der Waals surface area contributed by atoms with E-state index in [1.807, 2.05) is 38.4 Å². The van der Waals surface area contributed by atoms with Crippen molar-refractivity contribution in [3.8, 4) is 33.8 Å². The Morgan fingerprint density at radius 3 is 2.38 bits per heavy atom. The van der Waals surface area contributed by atoms with Crippen LogP contribution in [0.5, 0.6) is 0 Å². The molecule has 7 heteroatoms. The van der Waals surface area contributed by atoms with E-state index < -0.39 is 0 Å². The van der Waals surface area contributed by atoms with Gasteiger partial charge in [-0.2, -0.15) is 5.10 Å². The van der Waals surface area contributed by atoms with Crippen LogP contribution in [-0.2, 0) is 12.8 Å². The normalized spacial score (nSPS) is 17.8. The third-order valence-electron chi connectivity index (χ3n) is 8.46. The largest absolute Gasteiger partial charge is 0.300 e. The van der Waals surface area contributed by atoms with Gasteiger partial charge in [0.25, 0.3) is 0 Å². The first kappa shape index (κ1) is 24.1. The zero-order valence-electron chi connectivity index (χ0n) is 22.6. The van der Waals surface area contributed by atoms with Gasteiger partial charge < -0.3 is 4.90 Å². The third kappa shape index (κ3) is 4.61. The van der Waals surface area contributed by atoms with Crippen LogP contribution in [0, 0.1) is 13.8 Å². The molecule has 39 heavy (non-hydrogen) atoms. The molecule has 1 aliphatic carbocycles. The highest BCUT2D eigenvalue weighted by atomic mass is 15.2. The molecule has 0 amide bonds. The molecular formula is C32H33N7. The number of rotatable bonds is 4. The lowest BCUT2D eigenvalue weighted by Crippen LogP contribution is -2.32. The van der Waals surface area contributed by atoms with Gasteiger partial charge in [0.2, 0.25) is 0 Å². The molecule has 2 aliphatic rings. The van der Waals surface area contributed by atoms with Gasteiger partial charge in [0.15, 0.2) is 5.65 Å². The first-order valence-corrected chi connectivity index (χ1v) is 14.1. The van der Waals surface area contributed by atoms with Crippen molar-refractivity contribution in [2.24, 2.45) is 0 Å². The van der Waals surface area contributed by atoms with Crippen LogP contribution < -0.4 is 0 Å². The zero-order chi connectivity index (χ0) is 26.3. The van der Waals surface area contributed by atoms with Crippen LogP contribution in [0.15, 0.2) is 55.0 Å². The number of benzene rings is 1. The van der Waals surface area contributed by atoms with E-state index in [-0.39, 0.29) is 0 Å². The van der Waals surface area contributed by atoms with Crippen molar-refractivity contribution < 1.29 is 0 Å². The Hall–Kier alpha value is -3.97. The van der Waals surface area contributed by atoms with Crippen LogP contribution in [0.4, 0.5) is 0 Å². The number of hydrogen-bond acceptors (Lipinski definition) is 6. The molecule has 5 aromatic rings. The van der Waals surface area contributed by atoms with E-state index in [1.165, 1.54) is 61.9 Å². The molecule has 1 aliphatic heterocycles. The van der Waals surface area contributed by atoms with Crippen LogP contribution in [0.2, 0.25) is 0 Å². The summed E-state index contributed by atoms with van der Waals surface area (Å²) in [5.74, 6) is 0. The first-order valence-electron chi connectivity index (χ1n) is 14.1. The quantitative estimate of drug-likeness (QED) is 0.291. The molecule has 0 radical (unpaired) electrons. The fourth-order valence-electron chi connectivity index (χ4n) is 6.36. The molecule has 1 atom stereocenters. The van der Waals surface area contributed by atoms with E-state index in [4.69, 9.17) is 4.98 Å². The Bertz CT molecular complexity index is 1650. The van der Waals surface area contributed by atoms with Gasteiger partial charge in [-0.3, -0.25) is 20.1 Å². The number of nitrogens with zero attached hydrogens (tertiary/aromatic N) is 6. The molecule has 7 rings (SSSR count). The number of likely N-dealkylation sites (tertiary alicyclic amines) is 1. The Labute approximate surface area is 228 Å². The molecule has 1 unspecified atom stereocenters. The zero-order valence-corrected chi connectivity index (χ0v) is 22.6. The topological polar surface area (TPSA) is 83.5 Å². The molecule has 1 saturated heterocycles. The average Bonchev–Trinajstić information content (AvgIpc) is 3.59. The van der Waals surface area contributed by atoms with E-state index >= 15 is 0 Å². The molecule has 0 bridgehead atoms. The molecule has 5 heterocycles. The van der Waals surface area contributed by atoms with Gasteiger partial charge in [0, 0.05) is 41.1 Å². The summed E-state index contributed by atoms with van der Waals surface area (Å²) >= 11 is 0. The maximum atomic E-state index is 4.75. The summed E-state index contributed by atoms with van der Waals surface area (Å²) in [6, 6.07) is 14.0. The summed E-state index contributed by atoms with van der Waals surface area (Å²) < 4.78 is 0. The first-order chi connectivity index (χ1) is 19.1. The number of aryl methyl sites for hydroxylation is 4. The Morgan fingerprint density at radius 1 is 0.795 bits per heavy atom. The lowest BCUT2D eigenvalue weighted by Gasteiger charge is -2.25. The maximum Gasteiger partial charge on any atom is 0.181 e. The summed E-state index contributed by atoms with van der Waals surface area (Å²) in [7, 11) is 0. The number of fused-ring (bicyclic) bond motifs is 2. The smallest absolute Gasteiger partial charge is 0.181 e. The van der Waals surface area contributed by atoms with Crippen molar-refractivity contribution >= 4 is 11.0 Å². The Kier molecular flexibility index (Phi) is 6.16. The number of aromatic amines is 1. The molecule has 7 nitrogen and oxygen atoms in total. The minimum Gasteiger partial charge on any atom is -0.300 e.